The summed E-state index contributed by atoms with van der Waals surface area (Å²) in [5, 5.41) is 0. The van der Waals surface area contributed by atoms with Crippen molar-refractivity contribution in [3.05, 3.63) is 57.1 Å². The Kier molecular flexibility index (Phi) is 5.13. The van der Waals surface area contributed by atoms with Gasteiger partial charge in [-0.3, -0.25) is 4.79 Å². The van der Waals surface area contributed by atoms with E-state index in [1.807, 2.05) is 0 Å². The number of benzene rings is 1. The fraction of sp³-hybridized carbons (Fsp3) is 0.250. The molecule has 1 heterocycles. The molecule has 22 heavy (non-hydrogen) atoms. The van der Waals surface area contributed by atoms with Gasteiger partial charge >= 0.3 is 5.97 Å². The summed E-state index contributed by atoms with van der Waals surface area (Å²) in [6.45, 7) is 1.88. The molecule has 1 aromatic carbocycles. The zero-order valence-corrected chi connectivity index (χ0v) is 13.8. The highest BCUT2D eigenvalue weighted by molar-refractivity contribution is 9.10. The number of rotatable bonds is 5. The second-order valence-electron chi connectivity index (χ2n) is 4.70. The molecule has 0 radical (unpaired) electrons. The van der Waals surface area contributed by atoms with E-state index in [1.54, 1.807) is 36.7 Å². The summed E-state index contributed by atoms with van der Waals surface area (Å²) in [7, 11) is 1.65. The largest absolute Gasteiger partial charge is 0.462 e. The number of hydrogen-bond acceptors (Lipinski definition) is 3. The molecule has 0 aliphatic carbocycles. The summed E-state index contributed by atoms with van der Waals surface area (Å²) >= 11 is 3.37. The van der Waals surface area contributed by atoms with Gasteiger partial charge < -0.3 is 9.30 Å². The molecule has 0 atom stereocenters. The van der Waals surface area contributed by atoms with Crippen molar-refractivity contribution in [1.82, 2.24) is 4.57 Å². The highest BCUT2D eigenvalue weighted by Gasteiger charge is 2.26. The maximum absolute atomic E-state index is 13.9. The Balaban J connectivity index is 2.57. The van der Waals surface area contributed by atoms with E-state index < -0.39 is 5.97 Å². The van der Waals surface area contributed by atoms with Crippen molar-refractivity contribution in [3.63, 3.8) is 0 Å². The van der Waals surface area contributed by atoms with Crippen molar-refractivity contribution in [3.8, 4) is 0 Å². The molecule has 0 aliphatic rings. The average Bonchev–Trinajstić information content (AvgIpc) is 2.74. The maximum atomic E-state index is 13.9. The summed E-state index contributed by atoms with van der Waals surface area (Å²) in [5.74, 6) is -0.946. The Morgan fingerprint density at radius 1 is 1.41 bits per heavy atom. The number of hydrogen-bond donors (Lipinski definition) is 0. The molecule has 0 N–H and O–H groups in total. The molecule has 0 saturated heterocycles. The van der Waals surface area contributed by atoms with Crippen molar-refractivity contribution in [2.45, 2.75) is 13.3 Å². The molecule has 4 nitrogen and oxygen atoms in total. The van der Waals surface area contributed by atoms with Crippen LogP contribution in [0.3, 0.4) is 0 Å². The first-order valence-electron chi connectivity index (χ1n) is 6.74. The van der Waals surface area contributed by atoms with Gasteiger partial charge in [0.25, 0.3) is 0 Å². The first-order chi connectivity index (χ1) is 10.5. The number of aromatic nitrogens is 1. The van der Waals surface area contributed by atoms with Gasteiger partial charge in [-0.15, -0.1) is 0 Å². The average molecular weight is 368 g/mol. The van der Waals surface area contributed by atoms with Gasteiger partial charge in [-0.2, -0.15) is 0 Å². The number of nitrogens with zero attached hydrogens (tertiary/aromatic N) is 1. The van der Waals surface area contributed by atoms with Gasteiger partial charge in [0.05, 0.1) is 22.5 Å². The van der Waals surface area contributed by atoms with Gasteiger partial charge in [0, 0.05) is 19.0 Å². The third-order valence-corrected chi connectivity index (χ3v) is 4.39. The minimum atomic E-state index is -0.586. The van der Waals surface area contributed by atoms with Crippen LogP contribution in [0.25, 0.3) is 0 Å². The van der Waals surface area contributed by atoms with Gasteiger partial charge in [-0.25, -0.2) is 9.18 Å². The van der Waals surface area contributed by atoms with Crippen LogP contribution in [0, 0.1) is 5.82 Å². The Morgan fingerprint density at radius 3 is 2.68 bits per heavy atom. The molecular weight excluding hydrogens is 353 g/mol. The Bertz CT molecular complexity index is 724. The lowest BCUT2D eigenvalue weighted by Crippen LogP contribution is -2.10. The molecule has 0 bridgehead atoms. The Labute approximate surface area is 136 Å². The van der Waals surface area contributed by atoms with Crippen LogP contribution < -0.4 is 0 Å². The third kappa shape index (κ3) is 2.97. The van der Waals surface area contributed by atoms with E-state index in [0.717, 1.165) is 0 Å². The molecule has 6 heteroatoms. The van der Waals surface area contributed by atoms with E-state index in [4.69, 9.17) is 4.74 Å². The molecular formula is C16H15BrFNO3. The molecule has 0 fully saturated rings. The van der Waals surface area contributed by atoms with Crippen LogP contribution >= 0.6 is 15.9 Å². The predicted molar refractivity (Wildman–Crippen MR) is 83.7 cm³/mol. The number of esters is 1. The van der Waals surface area contributed by atoms with E-state index >= 15 is 0 Å². The molecule has 0 aliphatic heterocycles. The van der Waals surface area contributed by atoms with Crippen molar-refractivity contribution >= 4 is 28.2 Å². The zero-order chi connectivity index (χ0) is 16.3. The normalized spacial score (nSPS) is 10.5. The van der Waals surface area contributed by atoms with E-state index in [2.05, 4.69) is 15.9 Å². The second kappa shape index (κ2) is 6.87. The van der Waals surface area contributed by atoms with Crippen molar-refractivity contribution in [2.75, 3.05) is 6.61 Å². The topological polar surface area (TPSA) is 48.3 Å². The second-order valence-corrected chi connectivity index (χ2v) is 5.45. The first kappa shape index (κ1) is 16.4. The lowest BCUT2D eigenvalue weighted by Gasteiger charge is -2.06. The van der Waals surface area contributed by atoms with Gasteiger partial charge in [-0.05, 0) is 34.5 Å². The molecule has 2 rings (SSSR count). The number of carbonyl (C=O) groups excluding carboxylic acids is 2. The number of halogens is 2. The fourth-order valence-electron chi connectivity index (χ4n) is 2.30. The highest BCUT2D eigenvalue weighted by Crippen LogP contribution is 2.29. The smallest absolute Gasteiger partial charge is 0.340 e. The Morgan fingerprint density at radius 2 is 2.09 bits per heavy atom. The van der Waals surface area contributed by atoms with Crippen LogP contribution in [-0.2, 0) is 18.2 Å². The molecule has 116 valence electrons. The van der Waals surface area contributed by atoms with Crippen molar-refractivity contribution in [1.29, 1.82) is 0 Å². The van der Waals surface area contributed by atoms with Crippen LogP contribution in [0.15, 0.2) is 28.9 Å². The molecule has 1 aromatic heterocycles. The summed E-state index contributed by atoms with van der Waals surface area (Å²) < 4.78 is 21.0. The van der Waals surface area contributed by atoms with E-state index in [1.165, 1.54) is 6.07 Å². The maximum Gasteiger partial charge on any atom is 0.340 e. The van der Waals surface area contributed by atoms with Crippen LogP contribution in [0.1, 0.15) is 38.9 Å². The number of carbonyl (C=O) groups is 2. The molecule has 0 amide bonds. The van der Waals surface area contributed by atoms with E-state index in [0.29, 0.717) is 22.0 Å². The van der Waals surface area contributed by atoms with Gasteiger partial charge in [0.1, 0.15) is 5.82 Å². The standard InChI is InChI=1S/C16H15BrFNO3/c1-3-22-16(21)14-11(15(17)19(2)13(14)9-20)8-10-6-4-5-7-12(10)18/h4-7,9H,3,8H2,1-2H3. The molecule has 0 saturated carbocycles. The van der Waals surface area contributed by atoms with Gasteiger partial charge in [0.15, 0.2) is 6.29 Å². The predicted octanol–water partition coefficient (Wildman–Crippen LogP) is 3.51. The van der Waals surface area contributed by atoms with Crippen LogP contribution in [0.2, 0.25) is 0 Å². The van der Waals surface area contributed by atoms with Crippen molar-refractivity contribution in [2.24, 2.45) is 7.05 Å². The van der Waals surface area contributed by atoms with Crippen LogP contribution in [0.5, 0.6) is 0 Å². The summed E-state index contributed by atoms with van der Waals surface area (Å²) in [6.07, 6.45) is 0.783. The van der Waals surface area contributed by atoms with E-state index in [9.17, 15) is 14.0 Å². The minimum absolute atomic E-state index is 0.175. The van der Waals surface area contributed by atoms with Crippen LogP contribution in [0.4, 0.5) is 4.39 Å². The van der Waals surface area contributed by atoms with Gasteiger partial charge in [0.2, 0.25) is 0 Å². The lowest BCUT2D eigenvalue weighted by atomic mass is 10.0. The fourth-order valence-corrected chi connectivity index (χ4v) is 2.83. The first-order valence-corrected chi connectivity index (χ1v) is 7.53. The molecule has 2 aromatic rings. The summed E-state index contributed by atoms with van der Waals surface area (Å²) in [5.41, 5.74) is 1.36. The summed E-state index contributed by atoms with van der Waals surface area (Å²) in [6, 6.07) is 6.32. The molecule has 0 spiro atoms. The van der Waals surface area contributed by atoms with Gasteiger partial charge in [-0.1, -0.05) is 18.2 Å². The third-order valence-electron chi connectivity index (χ3n) is 3.38. The van der Waals surface area contributed by atoms with E-state index in [-0.39, 0.29) is 30.1 Å². The van der Waals surface area contributed by atoms with Crippen LogP contribution in [-0.4, -0.2) is 23.4 Å². The molecule has 0 unspecified atom stereocenters. The highest BCUT2D eigenvalue weighted by atomic mass is 79.9. The minimum Gasteiger partial charge on any atom is -0.462 e. The zero-order valence-electron chi connectivity index (χ0n) is 12.2. The Hall–Kier alpha value is -1.95. The monoisotopic (exact) mass is 367 g/mol. The SMILES string of the molecule is CCOC(=O)c1c(Cc2ccccc2F)c(Br)n(C)c1C=O. The number of aldehydes is 1. The summed E-state index contributed by atoms with van der Waals surface area (Å²) in [4.78, 5) is 23.5. The lowest BCUT2D eigenvalue weighted by molar-refractivity contribution is 0.0523. The van der Waals surface area contributed by atoms with Crippen molar-refractivity contribution < 1.29 is 18.7 Å². The number of ether oxygens (including phenoxy) is 1. The quantitative estimate of drug-likeness (QED) is 0.600.